The highest BCUT2D eigenvalue weighted by atomic mass is 35.5. The molecule has 13 heteroatoms. The van der Waals surface area contributed by atoms with Crippen LogP contribution in [-0.2, 0) is 24.6 Å². The highest BCUT2D eigenvalue weighted by Gasteiger charge is 2.51. The molecule has 2 atom stereocenters. The smallest absolute Gasteiger partial charge is 0.412 e. The SMILES string of the molecule is COC(=O)Nc1ccc(C(=O)N[C@@H](CC2(OC)CC2)C(=O)N2CCC[C@@]3(C2)OC(=O)Nc2ccc(Cl)c(F)c23)cc1. The van der Waals surface area contributed by atoms with E-state index in [9.17, 15) is 19.2 Å². The Labute approximate surface area is 240 Å². The van der Waals surface area contributed by atoms with Gasteiger partial charge in [0.15, 0.2) is 11.4 Å². The number of hydrogen-bond donors (Lipinski definition) is 3. The Bertz CT molecular complexity index is 1380. The lowest BCUT2D eigenvalue weighted by Gasteiger charge is -2.45. The number of nitrogens with one attached hydrogen (secondary N) is 3. The van der Waals surface area contributed by atoms with Crippen molar-refractivity contribution in [1.29, 1.82) is 0 Å². The van der Waals surface area contributed by atoms with Crippen LogP contribution in [0.5, 0.6) is 0 Å². The molecule has 1 spiro atoms. The molecule has 4 amide bonds. The number of carbonyl (C=O) groups excluding carboxylic acids is 4. The first-order chi connectivity index (χ1) is 19.6. The minimum Gasteiger partial charge on any atom is -0.453 e. The van der Waals surface area contributed by atoms with E-state index in [1.165, 1.54) is 48.4 Å². The Morgan fingerprint density at radius 3 is 2.54 bits per heavy atom. The molecule has 3 N–H and O–H groups in total. The van der Waals surface area contributed by atoms with Crippen molar-refractivity contribution in [3.05, 3.63) is 58.4 Å². The number of halogens is 2. The molecule has 5 rings (SSSR count). The summed E-state index contributed by atoms with van der Waals surface area (Å²) in [5.41, 5.74) is -0.935. The van der Waals surface area contributed by atoms with Gasteiger partial charge in [0.05, 0.1) is 35.5 Å². The zero-order valence-electron chi connectivity index (χ0n) is 22.6. The van der Waals surface area contributed by atoms with Crippen molar-refractivity contribution in [2.75, 3.05) is 37.9 Å². The van der Waals surface area contributed by atoms with Gasteiger partial charge in [-0.15, -0.1) is 0 Å². The predicted octanol–water partition coefficient (Wildman–Crippen LogP) is 4.40. The normalized spacial score (nSPS) is 21.2. The van der Waals surface area contributed by atoms with E-state index in [1.54, 1.807) is 7.11 Å². The zero-order valence-corrected chi connectivity index (χ0v) is 23.3. The van der Waals surface area contributed by atoms with Gasteiger partial charge in [0, 0.05) is 31.3 Å². The molecule has 1 saturated carbocycles. The van der Waals surface area contributed by atoms with Gasteiger partial charge >= 0.3 is 12.2 Å². The molecule has 41 heavy (non-hydrogen) atoms. The van der Waals surface area contributed by atoms with Crippen LogP contribution in [0, 0.1) is 5.82 Å². The zero-order chi connectivity index (χ0) is 29.4. The molecule has 218 valence electrons. The Balaban J connectivity index is 1.38. The van der Waals surface area contributed by atoms with Crippen LogP contribution in [0.15, 0.2) is 36.4 Å². The minimum absolute atomic E-state index is 0.0962. The number of rotatable bonds is 7. The molecule has 2 aromatic rings. The van der Waals surface area contributed by atoms with Gasteiger partial charge in [0.1, 0.15) is 6.04 Å². The average molecular weight is 589 g/mol. The van der Waals surface area contributed by atoms with Crippen molar-refractivity contribution in [2.45, 2.75) is 49.3 Å². The van der Waals surface area contributed by atoms with Gasteiger partial charge in [-0.1, -0.05) is 11.6 Å². The second-order valence-electron chi connectivity index (χ2n) is 10.5. The van der Waals surface area contributed by atoms with Crippen LogP contribution in [0.25, 0.3) is 0 Å². The Kier molecular flexibility index (Phi) is 7.80. The van der Waals surface area contributed by atoms with E-state index in [1.807, 2.05) is 0 Å². The molecular weight excluding hydrogens is 559 g/mol. The highest BCUT2D eigenvalue weighted by Crippen LogP contribution is 2.46. The molecule has 0 aromatic heterocycles. The number of ether oxygens (including phenoxy) is 3. The molecule has 1 aliphatic carbocycles. The van der Waals surface area contributed by atoms with Gasteiger partial charge in [0.2, 0.25) is 5.91 Å². The Hall–Kier alpha value is -3.90. The molecule has 1 saturated heterocycles. The first-order valence-corrected chi connectivity index (χ1v) is 13.5. The van der Waals surface area contributed by atoms with Crippen molar-refractivity contribution in [3.63, 3.8) is 0 Å². The number of likely N-dealkylation sites (tertiary alicyclic amines) is 1. The van der Waals surface area contributed by atoms with Gasteiger partial charge in [-0.2, -0.15) is 0 Å². The molecule has 2 heterocycles. The summed E-state index contributed by atoms with van der Waals surface area (Å²) in [4.78, 5) is 52.6. The van der Waals surface area contributed by atoms with E-state index in [2.05, 4.69) is 20.7 Å². The maximum Gasteiger partial charge on any atom is 0.412 e. The number of anilines is 2. The van der Waals surface area contributed by atoms with Crippen molar-refractivity contribution in [2.24, 2.45) is 0 Å². The van der Waals surface area contributed by atoms with Crippen LogP contribution < -0.4 is 16.0 Å². The Morgan fingerprint density at radius 2 is 1.88 bits per heavy atom. The molecule has 0 bridgehead atoms. The fourth-order valence-corrected chi connectivity index (χ4v) is 5.66. The van der Waals surface area contributed by atoms with Gasteiger partial charge < -0.3 is 24.4 Å². The van der Waals surface area contributed by atoms with E-state index in [-0.39, 0.29) is 34.8 Å². The average Bonchev–Trinajstić information content (AvgIpc) is 3.74. The number of amides is 4. The predicted molar refractivity (Wildman–Crippen MR) is 146 cm³/mol. The number of fused-ring (bicyclic) bond motifs is 2. The maximum atomic E-state index is 15.3. The van der Waals surface area contributed by atoms with Crippen LogP contribution in [-0.4, -0.2) is 67.9 Å². The highest BCUT2D eigenvalue weighted by molar-refractivity contribution is 6.31. The van der Waals surface area contributed by atoms with Crippen molar-refractivity contribution in [1.82, 2.24) is 10.2 Å². The fourth-order valence-electron chi connectivity index (χ4n) is 5.50. The van der Waals surface area contributed by atoms with Crippen LogP contribution >= 0.6 is 11.6 Å². The van der Waals surface area contributed by atoms with E-state index < -0.39 is 47.1 Å². The summed E-state index contributed by atoms with van der Waals surface area (Å²) >= 11 is 6.07. The number of carbonyl (C=O) groups is 4. The third-order valence-corrected chi connectivity index (χ3v) is 8.13. The standard InChI is InChI=1S/C28H30ClFN4O7/c1-39-25(37)31-17-6-4-16(5-7-17)23(35)32-20(14-27(40-2)11-12-27)24(36)34-13-3-10-28(15-34)21-19(33-26(38)41-28)9-8-18(29)22(21)30/h4-9,20H,3,10-15H2,1-2H3,(H,31,37)(H,32,35)(H,33,38)/t20-,28-/m0/s1. The second-order valence-corrected chi connectivity index (χ2v) is 10.9. The van der Waals surface area contributed by atoms with Crippen molar-refractivity contribution < 1.29 is 37.8 Å². The molecule has 2 fully saturated rings. The molecule has 2 aromatic carbocycles. The summed E-state index contributed by atoms with van der Waals surface area (Å²) < 4.78 is 31.2. The van der Waals surface area contributed by atoms with E-state index in [0.717, 1.165) is 12.8 Å². The van der Waals surface area contributed by atoms with Crippen LogP contribution in [0.2, 0.25) is 5.02 Å². The number of methoxy groups -OCH3 is 2. The second kappa shape index (κ2) is 11.2. The van der Waals surface area contributed by atoms with Crippen molar-refractivity contribution >= 4 is 47.0 Å². The summed E-state index contributed by atoms with van der Waals surface area (Å²) in [6.45, 7) is 0.215. The van der Waals surface area contributed by atoms with E-state index >= 15 is 4.39 Å². The summed E-state index contributed by atoms with van der Waals surface area (Å²) in [5.74, 6) is -1.61. The van der Waals surface area contributed by atoms with Crippen LogP contribution in [0.4, 0.5) is 25.4 Å². The number of benzene rings is 2. The van der Waals surface area contributed by atoms with E-state index in [0.29, 0.717) is 25.1 Å². The first-order valence-electron chi connectivity index (χ1n) is 13.2. The number of hydrogen-bond acceptors (Lipinski definition) is 7. The lowest BCUT2D eigenvalue weighted by Crippen LogP contribution is -2.58. The van der Waals surface area contributed by atoms with Gasteiger partial charge in [-0.25, -0.2) is 14.0 Å². The molecule has 11 nitrogen and oxygen atoms in total. The monoisotopic (exact) mass is 588 g/mol. The number of nitrogens with zero attached hydrogens (tertiary/aromatic N) is 1. The third kappa shape index (κ3) is 5.80. The summed E-state index contributed by atoms with van der Waals surface area (Å²) in [6, 6.07) is 8.00. The molecule has 3 aliphatic rings. The first kappa shape index (κ1) is 28.6. The summed E-state index contributed by atoms with van der Waals surface area (Å²) in [5, 5.41) is 7.72. The molecule has 0 radical (unpaired) electrons. The molecular formula is C28H30ClFN4O7. The van der Waals surface area contributed by atoms with E-state index in [4.69, 9.17) is 21.1 Å². The van der Waals surface area contributed by atoms with Crippen LogP contribution in [0.1, 0.15) is 48.0 Å². The van der Waals surface area contributed by atoms with Crippen LogP contribution in [0.3, 0.4) is 0 Å². The topological polar surface area (TPSA) is 135 Å². The van der Waals surface area contributed by atoms with Crippen molar-refractivity contribution in [3.8, 4) is 0 Å². The molecule has 2 aliphatic heterocycles. The minimum atomic E-state index is -1.43. The largest absolute Gasteiger partial charge is 0.453 e. The quantitative estimate of drug-likeness (QED) is 0.436. The van der Waals surface area contributed by atoms with Gasteiger partial charge in [0.25, 0.3) is 5.91 Å². The van der Waals surface area contributed by atoms with Gasteiger partial charge in [-0.05, 0) is 62.1 Å². The fraction of sp³-hybridized carbons (Fsp3) is 0.429. The lowest BCUT2D eigenvalue weighted by molar-refractivity contribution is -0.142. The lowest BCUT2D eigenvalue weighted by atomic mass is 9.82. The summed E-state index contributed by atoms with van der Waals surface area (Å²) in [6.07, 6.45) is 1.03. The third-order valence-electron chi connectivity index (χ3n) is 7.84. The number of piperidine rings is 1. The van der Waals surface area contributed by atoms with Gasteiger partial charge in [-0.3, -0.25) is 20.2 Å². The summed E-state index contributed by atoms with van der Waals surface area (Å²) in [7, 11) is 2.81. The Morgan fingerprint density at radius 1 is 1.15 bits per heavy atom. The molecule has 0 unspecified atom stereocenters. The maximum absolute atomic E-state index is 15.3.